The Morgan fingerprint density at radius 1 is 1.62 bits per heavy atom. The zero-order chi connectivity index (χ0) is 6.41. The lowest BCUT2D eigenvalue weighted by Crippen LogP contribution is -2.23. The molecule has 3 heteroatoms. The second kappa shape index (κ2) is 4.59. The molecule has 3 nitrogen and oxygen atoms in total. The summed E-state index contributed by atoms with van der Waals surface area (Å²) in [6.07, 6.45) is 0. The van der Waals surface area contributed by atoms with Crippen molar-refractivity contribution in [2.24, 2.45) is 0 Å². The molecule has 0 spiro atoms. The first-order chi connectivity index (χ1) is 3.77. The molecule has 0 aromatic rings. The van der Waals surface area contributed by atoms with Gasteiger partial charge in [-0.25, -0.2) is 0 Å². The van der Waals surface area contributed by atoms with E-state index in [1.807, 2.05) is 19.0 Å². The SMILES string of the molecule is C[N+](C)CCOC=O. The van der Waals surface area contributed by atoms with Gasteiger partial charge in [0.25, 0.3) is 6.47 Å². The van der Waals surface area contributed by atoms with Gasteiger partial charge in [-0.05, 0) is 0 Å². The number of carbonyl (C=O) groups is 1. The van der Waals surface area contributed by atoms with Crippen molar-refractivity contribution in [3.8, 4) is 0 Å². The van der Waals surface area contributed by atoms with Crippen LogP contribution in [0.1, 0.15) is 0 Å². The van der Waals surface area contributed by atoms with Crippen molar-refractivity contribution in [3.63, 3.8) is 0 Å². The van der Waals surface area contributed by atoms with Crippen LogP contribution in [0.3, 0.4) is 0 Å². The molecular formula is C5H11NO2+. The zero-order valence-corrected chi connectivity index (χ0v) is 5.26. The number of rotatable bonds is 4. The topological polar surface area (TPSA) is 32.2 Å². The fraction of sp³-hybridized carbons (Fsp3) is 0.800. The summed E-state index contributed by atoms with van der Waals surface area (Å²) in [5, 5.41) is 0. The Labute approximate surface area is 49.2 Å². The fourth-order valence-electron chi connectivity index (χ4n) is 0.283. The molecule has 47 valence electrons. The van der Waals surface area contributed by atoms with Gasteiger partial charge in [0.15, 0.2) is 6.54 Å². The van der Waals surface area contributed by atoms with Crippen molar-refractivity contribution in [2.75, 3.05) is 27.2 Å². The minimum atomic E-state index is 0.462. The maximum absolute atomic E-state index is 9.55. The summed E-state index contributed by atoms with van der Waals surface area (Å²) in [4.78, 5) is 11.5. The van der Waals surface area contributed by atoms with E-state index in [4.69, 9.17) is 0 Å². The van der Waals surface area contributed by atoms with Gasteiger partial charge in [-0.1, -0.05) is 0 Å². The molecule has 0 aromatic carbocycles. The molecule has 0 aliphatic heterocycles. The zero-order valence-electron chi connectivity index (χ0n) is 5.26. The van der Waals surface area contributed by atoms with Crippen LogP contribution in [-0.2, 0) is 9.53 Å². The maximum atomic E-state index is 9.55. The first-order valence-corrected chi connectivity index (χ1v) is 2.47. The molecule has 8 heavy (non-hydrogen) atoms. The van der Waals surface area contributed by atoms with Gasteiger partial charge < -0.3 is 4.74 Å². The van der Waals surface area contributed by atoms with E-state index < -0.39 is 0 Å². The molecule has 0 aliphatic carbocycles. The van der Waals surface area contributed by atoms with Crippen LogP contribution in [0.2, 0.25) is 0 Å². The Bertz CT molecular complexity index is 63.4. The molecule has 1 radical (unpaired) electrons. The lowest BCUT2D eigenvalue weighted by atomic mass is 10.6. The van der Waals surface area contributed by atoms with Crippen molar-refractivity contribution >= 4 is 6.47 Å². The van der Waals surface area contributed by atoms with Gasteiger partial charge in [-0.15, -0.1) is 0 Å². The lowest BCUT2D eigenvalue weighted by Gasteiger charge is -1.96. The van der Waals surface area contributed by atoms with Crippen LogP contribution >= 0.6 is 0 Å². The first kappa shape index (κ1) is 7.43. The molecule has 0 amide bonds. The smallest absolute Gasteiger partial charge is 0.293 e. The fourth-order valence-corrected chi connectivity index (χ4v) is 0.283. The second-order valence-electron chi connectivity index (χ2n) is 1.77. The van der Waals surface area contributed by atoms with E-state index in [2.05, 4.69) is 4.74 Å². The van der Waals surface area contributed by atoms with Gasteiger partial charge in [0, 0.05) is 0 Å². The largest absolute Gasteiger partial charge is 0.462 e. The average Bonchev–Trinajstić information content (AvgIpc) is 1.66. The summed E-state index contributed by atoms with van der Waals surface area (Å²) in [5.74, 6) is 0. The number of likely N-dealkylation sites (N-methyl/N-ethyl adjacent to an activating group) is 1. The third-order valence-electron chi connectivity index (χ3n) is 0.724. The molecule has 0 atom stereocenters. The molecule has 0 unspecified atom stereocenters. The van der Waals surface area contributed by atoms with Gasteiger partial charge in [0.2, 0.25) is 0 Å². The third-order valence-corrected chi connectivity index (χ3v) is 0.724. The summed E-state index contributed by atoms with van der Waals surface area (Å²) < 4.78 is 4.42. The standard InChI is InChI=1S/C5H11NO2/c1-6(2)3-4-8-5-7/h5H,3-4H2,1-2H3/q+1. The molecule has 0 saturated carbocycles. The third kappa shape index (κ3) is 5.43. The number of nitrogens with zero attached hydrogens (tertiary/aromatic N) is 1. The highest BCUT2D eigenvalue weighted by molar-refractivity contribution is 5.36. The van der Waals surface area contributed by atoms with Crippen LogP contribution in [0.5, 0.6) is 0 Å². The Morgan fingerprint density at radius 2 is 2.25 bits per heavy atom. The van der Waals surface area contributed by atoms with Gasteiger partial charge >= 0.3 is 0 Å². The summed E-state index contributed by atoms with van der Waals surface area (Å²) in [6.45, 7) is 1.73. The van der Waals surface area contributed by atoms with Crippen molar-refractivity contribution in [2.45, 2.75) is 0 Å². The number of hydrogen-bond acceptors (Lipinski definition) is 3. The maximum Gasteiger partial charge on any atom is 0.293 e. The Kier molecular flexibility index (Phi) is 4.26. The van der Waals surface area contributed by atoms with E-state index in [1.165, 1.54) is 0 Å². The predicted molar refractivity (Wildman–Crippen MR) is 30.9 cm³/mol. The summed E-state index contributed by atoms with van der Waals surface area (Å²) in [7, 11) is 3.85. The van der Waals surface area contributed by atoms with Gasteiger partial charge in [0.05, 0.1) is 0 Å². The van der Waals surface area contributed by atoms with Crippen LogP contribution in [0.25, 0.3) is 0 Å². The van der Waals surface area contributed by atoms with Gasteiger partial charge in [0.1, 0.15) is 20.7 Å². The minimum Gasteiger partial charge on any atom is -0.462 e. The number of carbonyl (C=O) groups excluding carboxylic acids is 1. The van der Waals surface area contributed by atoms with Crippen molar-refractivity contribution in [1.82, 2.24) is 4.90 Å². The minimum absolute atomic E-state index is 0.462. The highest BCUT2D eigenvalue weighted by Gasteiger charge is 1.95. The van der Waals surface area contributed by atoms with E-state index in [0.717, 1.165) is 6.54 Å². The van der Waals surface area contributed by atoms with Crippen molar-refractivity contribution in [1.29, 1.82) is 0 Å². The monoisotopic (exact) mass is 117 g/mol. The van der Waals surface area contributed by atoms with Crippen molar-refractivity contribution in [3.05, 3.63) is 0 Å². The molecule has 0 heterocycles. The predicted octanol–water partition coefficient (Wildman–Crippen LogP) is -0.441. The van der Waals surface area contributed by atoms with E-state index >= 15 is 0 Å². The molecular weight excluding hydrogens is 106 g/mol. The highest BCUT2D eigenvalue weighted by Crippen LogP contribution is 1.69. The van der Waals surface area contributed by atoms with Crippen LogP contribution < -0.4 is 4.90 Å². The van der Waals surface area contributed by atoms with Gasteiger partial charge in [-0.3, -0.25) is 4.79 Å². The Hall–Kier alpha value is -0.570. The van der Waals surface area contributed by atoms with Crippen LogP contribution in [0.15, 0.2) is 0 Å². The molecule has 0 aromatic heterocycles. The summed E-state index contributed by atoms with van der Waals surface area (Å²) >= 11 is 0. The number of ether oxygens (including phenoxy) is 1. The van der Waals surface area contributed by atoms with E-state index in [1.54, 1.807) is 0 Å². The van der Waals surface area contributed by atoms with E-state index in [0.29, 0.717) is 13.1 Å². The Balaban J connectivity index is 2.81. The second-order valence-corrected chi connectivity index (χ2v) is 1.77. The van der Waals surface area contributed by atoms with E-state index in [-0.39, 0.29) is 0 Å². The van der Waals surface area contributed by atoms with Crippen LogP contribution in [-0.4, -0.2) is 33.7 Å². The molecule has 0 bridgehead atoms. The van der Waals surface area contributed by atoms with Crippen LogP contribution in [0, 0.1) is 0 Å². The molecule has 0 fully saturated rings. The molecule has 0 N–H and O–H groups in total. The highest BCUT2D eigenvalue weighted by atomic mass is 16.5. The molecule has 0 rings (SSSR count). The average molecular weight is 117 g/mol. The lowest BCUT2D eigenvalue weighted by molar-refractivity contribution is -0.128. The van der Waals surface area contributed by atoms with Crippen molar-refractivity contribution < 1.29 is 9.53 Å². The molecule has 0 aliphatic rings. The van der Waals surface area contributed by atoms with Crippen LogP contribution in [0.4, 0.5) is 0 Å². The number of hydrogen-bond donors (Lipinski definition) is 0. The summed E-state index contributed by atoms with van der Waals surface area (Å²) in [5.41, 5.74) is 0. The first-order valence-electron chi connectivity index (χ1n) is 2.47. The molecule has 0 saturated heterocycles. The Morgan fingerprint density at radius 3 is 2.62 bits per heavy atom. The summed E-state index contributed by atoms with van der Waals surface area (Å²) in [6, 6.07) is 0. The van der Waals surface area contributed by atoms with Gasteiger partial charge in [-0.2, -0.15) is 4.90 Å². The van der Waals surface area contributed by atoms with E-state index in [9.17, 15) is 4.79 Å². The quantitative estimate of drug-likeness (QED) is 0.284. The normalized spacial score (nSPS) is 9.38.